The number of carboxylic acids is 1. The number of aromatic nitrogens is 1. The highest BCUT2D eigenvalue weighted by Gasteiger charge is 2.38. The Morgan fingerprint density at radius 1 is 1.18 bits per heavy atom. The van der Waals surface area contributed by atoms with Gasteiger partial charge in [-0.25, -0.2) is 9.78 Å². The Morgan fingerprint density at radius 2 is 1.87 bits per heavy atom. The number of aryl methyl sites for hydroxylation is 1. The van der Waals surface area contributed by atoms with Crippen LogP contribution in [0, 0.1) is 5.41 Å². The van der Waals surface area contributed by atoms with E-state index in [0.717, 1.165) is 28.8 Å². The van der Waals surface area contributed by atoms with E-state index >= 15 is 0 Å². The molecule has 6 N–H and O–H groups in total. The lowest BCUT2D eigenvalue weighted by Crippen LogP contribution is -2.33. The number of rotatable bonds is 4. The quantitative estimate of drug-likeness (QED) is 0.230. The third-order valence-electron chi connectivity index (χ3n) is 5.58. The van der Waals surface area contributed by atoms with Crippen molar-refractivity contribution < 1.29 is 32.7 Å². The molecule has 0 bridgehead atoms. The van der Waals surface area contributed by atoms with Gasteiger partial charge in [-0.3, -0.25) is 15.0 Å². The monoisotopic (exact) mass is 530 g/mol. The highest BCUT2D eigenvalue weighted by Crippen LogP contribution is 2.24. The molecule has 2 aliphatic heterocycles. The van der Waals surface area contributed by atoms with E-state index in [1.807, 2.05) is 30.3 Å². The number of halogens is 3. The van der Waals surface area contributed by atoms with Crippen molar-refractivity contribution >= 4 is 46.9 Å². The van der Waals surface area contributed by atoms with Crippen molar-refractivity contribution in [1.82, 2.24) is 9.88 Å². The number of hydrogen-bond acceptors (Lipinski definition) is 5. The van der Waals surface area contributed by atoms with Crippen molar-refractivity contribution in [1.29, 1.82) is 5.41 Å². The fraction of sp³-hybridized carbons (Fsp3) is 0.240. The maximum absolute atomic E-state index is 12.6. The lowest BCUT2D eigenvalue weighted by molar-refractivity contribution is -0.192. The molecule has 0 radical (unpaired) electrons. The van der Waals surface area contributed by atoms with Crippen molar-refractivity contribution in [3.63, 3.8) is 0 Å². The summed E-state index contributed by atoms with van der Waals surface area (Å²) >= 11 is 0. The van der Waals surface area contributed by atoms with Crippen LogP contribution >= 0.6 is 0 Å². The van der Waals surface area contributed by atoms with Crippen LogP contribution in [-0.2, 0) is 20.8 Å². The average Bonchev–Trinajstić information content (AvgIpc) is 2.87. The summed E-state index contributed by atoms with van der Waals surface area (Å²) in [4.78, 5) is 39.0. The van der Waals surface area contributed by atoms with E-state index in [-0.39, 0.29) is 17.8 Å². The van der Waals surface area contributed by atoms with Gasteiger partial charge >= 0.3 is 12.1 Å². The number of anilines is 2. The number of carboxylic acid groups (broad SMARTS) is 1. The van der Waals surface area contributed by atoms with Gasteiger partial charge in [0.05, 0.1) is 0 Å². The number of pyridine rings is 1. The Balaban J connectivity index is 0.000000505. The number of nitrogens with one attached hydrogen (secondary N) is 3. The molecule has 0 aliphatic carbocycles. The summed E-state index contributed by atoms with van der Waals surface area (Å²) in [6.07, 6.45) is 3.89. The van der Waals surface area contributed by atoms with E-state index in [2.05, 4.69) is 21.7 Å². The predicted molar refractivity (Wildman–Crippen MR) is 135 cm³/mol. The molecular formula is C25H25F3N6O4. The molecule has 2 aliphatic rings. The number of amides is 2. The number of guanidine groups is 1. The Kier molecular flexibility index (Phi) is 8.84. The minimum Gasteiger partial charge on any atom is -0.475 e. The van der Waals surface area contributed by atoms with E-state index in [1.54, 1.807) is 23.2 Å². The maximum Gasteiger partial charge on any atom is 0.490 e. The zero-order valence-electron chi connectivity index (χ0n) is 20.0. The van der Waals surface area contributed by atoms with Crippen LogP contribution in [0.5, 0.6) is 0 Å². The minimum atomic E-state index is -5.08. The second kappa shape index (κ2) is 12.0. The fourth-order valence-electron chi connectivity index (χ4n) is 3.69. The van der Waals surface area contributed by atoms with Gasteiger partial charge in [-0.05, 0) is 59.4 Å². The maximum atomic E-state index is 12.6. The summed E-state index contributed by atoms with van der Waals surface area (Å²) in [5.41, 5.74) is 10.2. The third kappa shape index (κ3) is 7.91. The topological polar surface area (TPSA) is 162 Å². The molecule has 0 unspecified atom stereocenters. The number of carbonyl (C=O) groups excluding carboxylic acids is 2. The number of carbonyl (C=O) groups is 3. The molecule has 10 nitrogen and oxygen atoms in total. The van der Waals surface area contributed by atoms with Crippen LogP contribution in [0.15, 0.2) is 48.7 Å². The molecule has 0 spiro atoms. The molecule has 2 amide bonds. The van der Waals surface area contributed by atoms with Gasteiger partial charge in [-0.2, -0.15) is 13.2 Å². The van der Waals surface area contributed by atoms with Crippen molar-refractivity contribution in [2.45, 2.75) is 25.4 Å². The van der Waals surface area contributed by atoms with Crippen LogP contribution in [-0.4, -0.2) is 58.0 Å². The van der Waals surface area contributed by atoms with Gasteiger partial charge in [-0.1, -0.05) is 18.2 Å². The number of nitrogens with zero attached hydrogens (tertiary/aromatic N) is 2. The average molecular weight is 531 g/mol. The third-order valence-corrected chi connectivity index (χ3v) is 5.58. The zero-order valence-corrected chi connectivity index (χ0v) is 20.0. The van der Waals surface area contributed by atoms with Gasteiger partial charge in [0.25, 0.3) is 0 Å². The molecule has 0 saturated heterocycles. The first-order chi connectivity index (χ1) is 17.9. The summed E-state index contributed by atoms with van der Waals surface area (Å²) in [7, 11) is 0. The Labute approximate surface area is 215 Å². The molecule has 200 valence electrons. The summed E-state index contributed by atoms with van der Waals surface area (Å²) in [5, 5.41) is 19.9. The first kappa shape index (κ1) is 27.9. The minimum absolute atomic E-state index is 0.0142. The Morgan fingerprint density at radius 3 is 2.45 bits per heavy atom. The van der Waals surface area contributed by atoms with Gasteiger partial charge in [0, 0.05) is 37.5 Å². The summed E-state index contributed by atoms with van der Waals surface area (Å²) in [5.74, 6) is -2.29. The lowest BCUT2D eigenvalue weighted by Gasteiger charge is -2.25. The molecular weight excluding hydrogens is 505 g/mol. The van der Waals surface area contributed by atoms with Crippen LogP contribution in [0.3, 0.4) is 0 Å². The highest BCUT2D eigenvalue weighted by molar-refractivity contribution is 5.94. The van der Waals surface area contributed by atoms with Gasteiger partial charge in [-0.15, -0.1) is 0 Å². The van der Waals surface area contributed by atoms with Crippen molar-refractivity contribution in [2.24, 2.45) is 5.73 Å². The van der Waals surface area contributed by atoms with Crippen LogP contribution < -0.4 is 16.4 Å². The van der Waals surface area contributed by atoms with Gasteiger partial charge in [0.1, 0.15) is 5.82 Å². The normalized spacial score (nSPS) is 15.0. The Hall–Kier alpha value is -4.68. The lowest BCUT2D eigenvalue weighted by atomic mass is 9.99. The van der Waals surface area contributed by atoms with E-state index in [9.17, 15) is 22.8 Å². The number of alkyl halides is 3. The fourth-order valence-corrected chi connectivity index (χ4v) is 3.69. The molecule has 13 heteroatoms. The SMILES string of the molecule is N=C(N)Nc1ccc(C2=CCN(C(=O)/C=C/c3cnc4c(c3)CCC(=O)N4)CC2)cc1.O=C(O)C(F)(F)F. The van der Waals surface area contributed by atoms with Crippen molar-refractivity contribution in [3.05, 3.63) is 65.4 Å². The highest BCUT2D eigenvalue weighted by atomic mass is 19.4. The molecule has 1 aromatic carbocycles. The van der Waals surface area contributed by atoms with Crippen molar-refractivity contribution in [3.8, 4) is 0 Å². The number of fused-ring (bicyclic) bond motifs is 1. The van der Waals surface area contributed by atoms with Gasteiger partial charge < -0.3 is 26.4 Å². The number of aliphatic carboxylic acids is 1. The molecule has 2 aromatic rings. The molecule has 0 saturated carbocycles. The largest absolute Gasteiger partial charge is 0.490 e. The molecule has 4 rings (SSSR count). The smallest absolute Gasteiger partial charge is 0.475 e. The number of nitrogens with two attached hydrogens (primary N) is 1. The molecule has 0 atom stereocenters. The standard InChI is InChI=1S/C23H24N6O2.C2HF3O2/c24-23(25)27-19-5-2-16(3-6-19)17-9-11-29(12-10-17)21(31)8-1-15-13-18-4-7-20(30)28-22(18)26-14-15;3-2(4,5)1(6)7/h1-3,5-6,8-9,13-14H,4,7,10-12H2,(H4,24,25,27)(H,26,28,30);(H,6,7)/b8-1+;. The van der Waals surface area contributed by atoms with E-state index < -0.39 is 12.1 Å². The van der Waals surface area contributed by atoms with E-state index in [4.69, 9.17) is 21.0 Å². The van der Waals surface area contributed by atoms with E-state index in [0.29, 0.717) is 31.7 Å². The molecule has 38 heavy (non-hydrogen) atoms. The van der Waals surface area contributed by atoms with Crippen molar-refractivity contribution in [2.75, 3.05) is 23.7 Å². The number of hydrogen-bond donors (Lipinski definition) is 5. The van der Waals surface area contributed by atoms with Crippen LogP contribution in [0.1, 0.15) is 29.5 Å². The summed E-state index contributed by atoms with van der Waals surface area (Å²) in [6.45, 7) is 1.21. The van der Waals surface area contributed by atoms with Gasteiger partial charge in [0.15, 0.2) is 5.96 Å². The van der Waals surface area contributed by atoms with Crippen LogP contribution in [0.4, 0.5) is 24.7 Å². The summed E-state index contributed by atoms with van der Waals surface area (Å²) < 4.78 is 31.7. The summed E-state index contributed by atoms with van der Waals surface area (Å²) in [6, 6.07) is 9.70. The second-order valence-corrected chi connectivity index (χ2v) is 8.34. The Bertz CT molecular complexity index is 1290. The molecule has 3 heterocycles. The zero-order chi connectivity index (χ0) is 27.9. The first-order valence-corrected chi connectivity index (χ1v) is 11.4. The van der Waals surface area contributed by atoms with Gasteiger partial charge in [0.2, 0.25) is 11.8 Å². The second-order valence-electron chi connectivity index (χ2n) is 8.34. The number of benzene rings is 1. The molecule has 1 aromatic heterocycles. The predicted octanol–water partition coefficient (Wildman–Crippen LogP) is 3.23. The van der Waals surface area contributed by atoms with E-state index in [1.165, 1.54) is 5.57 Å². The van der Waals surface area contributed by atoms with Crippen LogP contribution in [0.25, 0.3) is 11.6 Å². The van der Waals surface area contributed by atoms with Crippen LogP contribution in [0.2, 0.25) is 0 Å². The first-order valence-electron chi connectivity index (χ1n) is 11.4. The molecule has 0 fully saturated rings.